The van der Waals surface area contributed by atoms with Crippen LogP contribution in [0.3, 0.4) is 0 Å². The molecule has 0 unspecified atom stereocenters. The van der Waals surface area contributed by atoms with Crippen LogP contribution < -0.4 is 5.32 Å². The predicted octanol–water partition coefficient (Wildman–Crippen LogP) is 3.75. The number of para-hydroxylation sites is 1. The topological polar surface area (TPSA) is 45.2 Å². The average Bonchev–Trinajstić information content (AvgIpc) is 3.21. The predicted molar refractivity (Wildman–Crippen MR) is 97.0 cm³/mol. The summed E-state index contributed by atoms with van der Waals surface area (Å²) in [6.45, 7) is 3.79. The molecule has 1 saturated heterocycles. The number of aryl methyl sites for hydroxylation is 1. The molecule has 24 heavy (non-hydrogen) atoms. The molecule has 0 spiro atoms. The summed E-state index contributed by atoms with van der Waals surface area (Å²) in [7, 11) is 0. The maximum atomic E-state index is 12.3. The molecule has 2 heterocycles. The van der Waals surface area contributed by atoms with Crippen LogP contribution in [0.5, 0.6) is 0 Å². The van der Waals surface area contributed by atoms with E-state index in [2.05, 4.69) is 33.4 Å². The number of carbonyl (C=O) groups excluding carboxylic acids is 1. The third-order valence-electron chi connectivity index (χ3n) is 5.43. The minimum Gasteiger partial charge on any atom is -0.384 e. The Labute approximate surface area is 143 Å². The summed E-state index contributed by atoms with van der Waals surface area (Å²) in [6, 6.07) is 10.8. The molecule has 1 aliphatic heterocycles. The van der Waals surface area contributed by atoms with Gasteiger partial charge in [-0.05, 0) is 31.9 Å². The fourth-order valence-electron chi connectivity index (χ4n) is 4.22. The molecule has 4 heteroatoms. The zero-order valence-corrected chi connectivity index (χ0v) is 14.3. The van der Waals surface area contributed by atoms with E-state index in [1.54, 1.807) is 0 Å². The summed E-state index contributed by atoms with van der Waals surface area (Å²) in [5, 5.41) is 4.74. The third kappa shape index (κ3) is 2.97. The van der Waals surface area contributed by atoms with Gasteiger partial charge < -0.3 is 10.2 Å². The number of benzene rings is 1. The van der Waals surface area contributed by atoms with Crippen molar-refractivity contribution in [1.29, 1.82) is 0 Å². The first-order valence-electron chi connectivity index (χ1n) is 9.10. The first-order valence-corrected chi connectivity index (χ1v) is 9.10. The first kappa shape index (κ1) is 15.4. The summed E-state index contributed by atoms with van der Waals surface area (Å²) in [6.07, 6.45) is 5.63. The molecule has 4 nitrogen and oxygen atoms in total. The Kier molecular flexibility index (Phi) is 4.13. The number of fused-ring (bicyclic) bond motifs is 1. The Morgan fingerprint density at radius 3 is 2.88 bits per heavy atom. The fourth-order valence-corrected chi connectivity index (χ4v) is 4.22. The highest BCUT2D eigenvalue weighted by atomic mass is 16.2. The van der Waals surface area contributed by atoms with E-state index in [1.165, 1.54) is 25.7 Å². The lowest BCUT2D eigenvalue weighted by Gasteiger charge is -2.24. The standard InChI is InChI=1S/C20H25N3O/c1-14-10-19(17-8-4-5-9-18(17)22-14)21-12-15-11-20(24)23(13-15)16-6-2-3-7-16/h4-5,8-10,15-16H,2-3,6-7,11-13H2,1H3,(H,21,22)/t15-/m1/s1. The Balaban J connectivity index is 1.45. The van der Waals surface area contributed by atoms with Gasteiger partial charge in [-0.25, -0.2) is 0 Å². The number of carbonyl (C=O) groups is 1. The van der Waals surface area contributed by atoms with Gasteiger partial charge in [-0.15, -0.1) is 0 Å². The van der Waals surface area contributed by atoms with Gasteiger partial charge in [0.15, 0.2) is 0 Å². The molecular weight excluding hydrogens is 298 g/mol. The van der Waals surface area contributed by atoms with Crippen LogP contribution in [0.2, 0.25) is 0 Å². The Bertz CT molecular complexity index is 752. The van der Waals surface area contributed by atoms with E-state index < -0.39 is 0 Å². The molecular formula is C20H25N3O. The molecule has 1 saturated carbocycles. The normalized spacial score (nSPS) is 21.8. The van der Waals surface area contributed by atoms with Crippen LogP contribution in [-0.4, -0.2) is 34.9 Å². The van der Waals surface area contributed by atoms with Crippen molar-refractivity contribution >= 4 is 22.5 Å². The van der Waals surface area contributed by atoms with Gasteiger partial charge in [0.2, 0.25) is 5.91 Å². The minimum absolute atomic E-state index is 0.351. The lowest BCUT2D eigenvalue weighted by molar-refractivity contribution is -0.129. The zero-order valence-electron chi connectivity index (χ0n) is 14.3. The van der Waals surface area contributed by atoms with Gasteiger partial charge in [-0.3, -0.25) is 9.78 Å². The second-order valence-corrected chi connectivity index (χ2v) is 7.26. The van der Waals surface area contributed by atoms with Gasteiger partial charge in [-0.2, -0.15) is 0 Å². The maximum absolute atomic E-state index is 12.3. The monoisotopic (exact) mass is 323 g/mol. The lowest BCUT2D eigenvalue weighted by Crippen LogP contribution is -2.34. The molecule has 0 radical (unpaired) electrons. The van der Waals surface area contributed by atoms with Gasteiger partial charge in [-0.1, -0.05) is 31.0 Å². The molecule has 4 rings (SSSR count). The Morgan fingerprint density at radius 2 is 2.04 bits per heavy atom. The fraction of sp³-hybridized carbons (Fsp3) is 0.500. The summed E-state index contributed by atoms with van der Waals surface area (Å²) in [5.74, 6) is 0.759. The minimum atomic E-state index is 0.351. The number of hydrogen-bond donors (Lipinski definition) is 1. The van der Waals surface area contributed by atoms with E-state index in [0.29, 0.717) is 24.3 Å². The average molecular weight is 323 g/mol. The van der Waals surface area contributed by atoms with Crippen LogP contribution in [0, 0.1) is 12.8 Å². The van der Waals surface area contributed by atoms with Crippen LogP contribution in [0.25, 0.3) is 10.9 Å². The molecule has 1 aromatic heterocycles. The number of nitrogens with one attached hydrogen (secondary N) is 1. The van der Waals surface area contributed by atoms with E-state index >= 15 is 0 Å². The third-order valence-corrected chi connectivity index (χ3v) is 5.43. The Morgan fingerprint density at radius 1 is 1.25 bits per heavy atom. The van der Waals surface area contributed by atoms with Gasteiger partial charge >= 0.3 is 0 Å². The summed E-state index contributed by atoms with van der Waals surface area (Å²) in [4.78, 5) is 19.1. The van der Waals surface area contributed by atoms with Crippen molar-refractivity contribution in [1.82, 2.24) is 9.88 Å². The van der Waals surface area contributed by atoms with Crippen molar-refractivity contribution in [2.45, 2.75) is 45.1 Å². The van der Waals surface area contributed by atoms with Gasteiger partial charge in [0.25, 0.3) is 0 Å². The van der Waals surface area contributed by atoms with E-state index in [1.807, 2.05) is 19.1 Å². The van der Waals surface area contributed by atoms with Crippen molar-refractivity contribution in [3.63, 3.8) is 0 Å². The first-order chi connectivity index (χ1) is 11.7. The number of anilines is 1. The van der Waals surface area contributed by atoms with Crippen molar-refractivity contribution in [2.24, 2.45) is 5.92 Å². The molecule has 2 aliphatic rings. The highest BCUT2D eigenvalue weighted by molar-refractivity contribution is 5.91. The number of nitrogens with zero attached hydrogens (tertiary/aromatic N) is 2. The molecule has 126 valence electrons. The number of amides is 1. The number of pyridine rings is 1. The molecule has 2 aromatic rings. The largest absolute Gasteiger partial charge is 0.384 e. The number of hydrogen-bond acceptors (Lipinski definition) is 3. The molecule has 1 aromatic carbocycles. The second-order valence-electron chi connectivity index (χ2n) is 7.26. The van der Waals surface area contributed by atoms with Crippen LogP contribution in [0.15, 0.2) is 30.3 Å². The quantitative estimate of drug-likeness (QED) is 0.932. The van der Waals surface area contributed by atoms with Crippen molar-refractivity contribution in [3.8, 4) is 0 Å². The van der Waals surface area contributed by atoms with Crippen molar-refractivity contribution in [3.05, 3.63) is 36.0 Å². The van der Waals surface area contributed by atoms with Gasteiger partial charge in [0.1, 0.15) is 0 Å². The van der Waals surface area contributed by atoms with Crippen molar-refractivity contribution in [2.75, 3.05) is 18.4 Å². The SMILES string of the molecule is Cc1cc(NC[C@H]2CC(=O)N(C3CCCC3)C2)c2ccccc2n1. The molecule has 1 aliphatic carbocycles. The van der Waals surface area contributed by atoms with E-state index in [-0.39, 0.29) is 0 Å². The molecule has 1 atom stereocenters. The molecule has 2 fully saturated rings. The van der Waals surface area contributed by atoms with Crippen LogP contribution in [0.1, 0.15) is 37.8 Å². The van der Waals surface area contributed by atoms with Gasteiger partial charge in [0.05, 0.1) is 5.52 Å². The summed E-state index contributed by atoms with van der Waals surface area (Å²) < 4.78 is 0. The summed E-state index contributed by atoms with van der Waals surface area (Å²) in [5.41, 5.74) is 3.17. The number of likely N-dealkylation sites (tertiary alicyclic amines) is 1. The number of rotatable bonds is 4. The highest BCUT2D eigenvalue weighted by Gasteiger charge is 2.35. The van der Waals surface area contributed by atoms with Crippen LogP contribution in [0.4, 0.5) is 5.69 Å². The zero-order chi connectivity index (χ0) is 16.5. The summed E-state index contributed by atoms with van der Waals surface area (Å²) >= 11 is 0. The highest BCUT2D eigenvalue weighted by Crippen LogP contribution is 2.30. The van der Waals surface area contributed by atoms with Crippen molar-refractivity contribution < 1.29 is 4.79 Å². The maximum Gasteiger partial charge on any atom is 0.223 e. The van der Waals surface area contributed by atoms with E-state index in [4.69, 9.17) is 0 Å². The van der Waals surface area contributed by atoms with Gasteiger partial charge in [0, 0.05) is 48.2 Å². The molecule has 1 amide bonds. The van der Waals surface area contributed by atoms with Crippen LogP contribution >= 0.6 is 0 Å². The second kappa shape index (κ2) is 6.42. The Hall–Kier alpha value is -2.10. The molecule has 0 bridgehead atoms. The smallest absolute Gasteiger partial charge is 0.223 e. The number of aromatic nitrogens is 1. The van der Waals surface area contributed by atoms with E-state index in [9.17, 15) is 4.79 Å². The van der Waals surface area contributed by atoms with E-state index in [0.717, 1.165) is 35.4 Å². The van der Waals surface area contributed by atoms with Crippen LogP contribution in [-0.2, 0) is 4.79 Å². The lowest BCUT2D eigenvalue weighted by atomic mass is 10.1. The molecule has 1 N–H and O–H groups in total.